The van der Waals surface area contributed by atoms with Gasteiger partial charge in [-0.1, -0.05) is 12.1 Å². The van der Waals surface area contributed by atoms with Crippen molar-refractivity contribution in [1.82, 2.24) is 5.32 Å². The van der Waals surface area contributed by atoms with Gasteiger partial charge in [0, 0.05) is 11.6 Å². The van der Waals surface area contributed by atoms with Crippen molar-refractivity contribution in [2.75, 3.05) is 7.05 Å². The number of halogens is 2. The number of hydrogen-bond donors (Lipinski definition) is 1. The van der Waals surface area contributed by atoms with Gasteiger partial charge in [-0.25, -0.2) is 8.78 Å². The maximum Gasteiger partial charge on any atom is 0.163 e. The maximum absolute atomic E-state index is 13.0. The van der Waals surface area contributed by atoms with Crippen molar-refractivity contribution in [2.24, 2.45) is 0 Å². The average Bonchev–Trinajstić information content (AvgIpc) is 2.08. The lowest BCUT2D eigenvalue weighted by atomic mass is 10.1. The lowest BCUT2D eigenvalue weighted by molar-refractivity contribution is 0.482. The van der Waals surface area contributed by atoms with Crippen LogP contribution >= 0.6 is 0 Å². The third-order valence-electron chi connectivity index (χ3n) is 1.88. The minimum atomic E-state index is -0.797. The van der Waals surface area contributed by atoms with Crippen LogP contribution in [-0.4, -0.2) is 7.05 Å². The summed E-state index contributed by atoms with van der Waals surface area (Å²) in [6.45, 7) is 1.78. The summed E-state index contributed by atoms with van der Waals surface area (Å²) in [6, 6.07) is 4.02. The van der Waals surface area contributed by atoms with Gasteiger partial charge in [0.05, 0.1) is 0 Å². The first kappa shape index (κ1) is 9.13. The zero-order valence-corrected chi connectivity index (χ0v) is 7.07. The molecule has 1 N–H and O–H groups in total. The SMILES string of the molecule is CNC(C)c1cccc(F)c1F. The zero-order chi connectivity index (χ0) is 9.14. The van der Waals surface area contributed by atoms with Crippen LogP contribution in [0.4, 0.5) is 8.78 Å². The molecule has 0 aliphatic heterocycles. The fourth-order valence-corrected chi connectivity index (χ4v) is 1.01. The first-order valence-corrected chi connectivity index (χ1v) is 3.78. The standard InChI is InChI=1S/C9H11F2N/c1-6(12-2)7-4-3-5-8(10)9(7)11/h3-6,12H,1-2H3. The summed E-state index contributed by atoms with van der Waals surface area (Å²) in [7, 11) is 1.70. The Kier molecular flexibility index (Phi) is 2.76. The van der Waals surface area contributed by atoms with Gasteiger partial charge in [0.15, 0.2) is 11.6 Å². The van der Waals surface area contributed by atoms with E-state index in [9.17, 15) is 8.78 Å². The van der Waals surface area contributed by atoms with E-state index in [2.05, 4.69) is 5.32 Å². The van der Waals surface area contributed by atoms with Crippen LogP contribution in [0.3, 0.4) is 0 Å². The molecular formula is C9H11F2N. The molecule has 0 radical (unpaired) electrons. The summed E-state index contributed by atoms with van der Waals surface area (Å²) in [4.78, 5) is 0. The Balaban J connectivity index is 3.07. The minimum absolute atomic E-state index is 0.166. The van der Waals surface area contributed by atoms with Crippen molar-refractivity contribution in [1.29, 1.82) is 0 Å². The molecule has 3 heteroatoms. The lowest BCUT2D eigenvalue weighted by Crippen LogP contribution is -2.14. The van der Waals surface area contributed by atoms with Crippen LogP contribution in [0.2, 0.25) is 0 Å². The molecule has 1 aromatic rings. The number of nitrogens with one attached hydrogen (secondary N) is 1. The molecule has 0 aliphatic carbocycles. The number of rotatable bonds is 2. The molecule has 1 unspecified atom stereocenters. The van der Waals surface area contributed by atoms with Gasteiger partial charge in [-0.3, -0.25) is 0 Å². The summed E-state index contributed by atoms with van der Waals surface area (Å²) in [5, 5.41) is 2.84. The van der Waals surface area contributed by atoms with Crippen LogP contribution in [0, 0.1) is 11.6 Å². The largest absolute Gasteiger partial charge is 0.313 e. The van der Waals surface area contributed by atoms with Crippen molar-refractivity contribution < 1.29 is 8.78 Å². The Morgan fingerprint density at radius 1 is 1.33 bits per heavy atom. The summed E-state index contributed by atoms with van der Waals surface area (Å²) in [5.74, 6) is -1.56. The first-order valence-electron chi connectivity index (χ1n) is 3.78. The minimum Gasteiger partial charge on any atom is -0.313 e. The fraction of sp³-hybridized carbons (Fsp3) is 0.333. The summed E-state index contributed by atoms with van der Waals surface area (Å²) in [6.07, 6.45) is 0. The molecule has 1 atom stereocenters. The van der Waals surface area contributed by atoms with Gasteiger partial charge in [0.25, 0.3) is 0 Å². The van der Waals surface area contributed by atoms with Crippen molar-refractivity contribution >= 4 is 0 Å². The van der Waals surface area contributed by atoms with E-state index in [1.54, 1.807) is 20.0 Å². The van der Waals surface area contributed by atoms with Crippen LogP contribution < -0.4 is 5.32 Å². The smallest absolute Gasteiger partial charge is 0.163 e. The Hall–Kier alpha value is -0.960. The number of benzene rings is 1. The van der Waals surface area contributed by atoms with E-state index in [1.165, 1.54) is 6.07 Å². The van der Waals surface area contributed by atoms with Gasteiger partial charge >= 0.3 is 0 Å². The van der Waals surface area contributed by atoms with Crippen LogP contribution in [0.15, 0.2) is 18.2 Å². The molecule has 1 nitrogen and oxygen atoms in total. The van der Waals surface area contributed by atoms with Gasteiger partial charge in [0.1, 0.15) is 0 Å². The summed E-state index contributed by atoms with van der Waals surface area (Å²) in [5.41, 5.74) is 0.359. The fourth-order valence-electron chi connectivity index (χ4n) is 1.01. The molecule has 12 heavy (non-hydrogen) atoms. The highest BCUT2D eigenvalue weighted by Gasteiger charge is 2.11. The van der Waals surface area contributed by atoms with E-state index >= 15 is 0 Å². The predicted molar refractivity (Wildman–Crippen MR) is 43.8 cm³/mol. The monoisotopic (exact) mass is 171 g/mol. The topological polar surface area (TPSA) is 12.0 Å². The van der Waals surface area contributed by atoms with E-state index in [4.69, 9.17) is 0 Å². The summed E-state index contributed by atoms with van der Waals surface area (Å²) >= 11 is 0. The molecule has 0 aromatic heterocycles. The van der Waals surface area contributed by atoms with Crippen LogP contribution in [0.25, 0.3) is 0 Å². The third kappa shape index (κ3) is 1.61. The predicted octanol–water partition coefficient (Wildman–Crippen LogP) is 2.25. The Morgan fingerprint density at radius 2 is 2.00 bits per heavy atom. The van der Waals surface area contributed by atoms with E-state index in [0.717, 1.165) is 6.07 Å². The van der Waals surface area contributed by atoms with Crippen LogP contribution in [0.5, 0.6) is 0 Å². The zero-order valence-electron chi connectivity index (χ0n) is 7.07. The van der Waals surface area contributed by atoms with Crippen LogP contribution in [0.1, 0.15) is 18.5 Å². The normalized spacial score (nSPS) is 13.0. The quantitative estimate of drug-likeness (QED) is 0.719. The van der Waals surface area contributed by atoms with Crippen molar-refractivity contribution in [3.8, 4) is 0 Å². The highest BCUT2D eigenvalue weighted by Crippen LogP contribution is 2.17. The molecule has 0 spiro atoms. The Labute approximate surface area is 70.4 Å². The second-order valence-corrected chi connectivity index (χ2v) is 2.65. The molecule has 66 valence electrons. The van der Waals surface area contributed by atoms with Crippen molar-refractivity contribution in [3.05, 3.63) is 35.4 Å². The molecular weight excluding hydrogens is 160 g/mol. The van der Waals surface area contributed by atoms with Gasteiger partial charge in [0.2, 0.25) is 0 Å². The molecule has 0 saturated carbocycles. The van der Waals surface area contributed by atoms with Gasteiger partial charge < -0.3 is 5.32 Å². The van der Waals surface area contributed by atoms with E-state index in [-0.39, 0.29) is 6.04 Å². The molecule has 0 bridgehead atoms. The Morgan fingerprint density at radius 3 is 2.58 bits per heavy atom. The second kappa shape index (κ2) is 3.63. The van der Waals surface area contributed by atoms with Gasteiger partial charge in [-0.2, -0.15) is 0 Å². The number of hydrogen-bond acceptors (Lipinski definition) is 1. The lowest BCUT2D eigenvalue weighted by Gasteiger charge is -2.11. The first-order chi connectivity index (χ1) is 5.66. The van der Waals surface area contributed by atoms with E-state index in [0.29, 0.717) is 5.56 Å². The van der Waals surface area contributed by atoms with Crippen molar-refractivity contribution in [2.45, 2.75) is 13.0 Å². The molecule has 0 fully saturated rings. The van der Waals surface area contributed by atoms with Gasteiger partial charge in [-0.15, -0.1) is 0 Å². The molecule has 1 rings (SSSR count). The van der Waals surface area contributed by atoms with Crippen LogP contribution in [-0.2, 0) is 0 Å². The van der Waals surface area contributed by atoms with Gasteiger partial charge in [-0.05, 0) is 20.0 Å². The van der Waals surface area contributed by atoms with E-state index in [1.807, 2.05) is 0 Å². The van der Waals surface area contributed by atoms with E-state index < -0.39 is 11.6 Å². The van der Waals surface area contributed by atoms with Crippen molar-refractivity contribution in [3.63, 3.8) is 0 Å². The molecule has 0 amide bonds. The highest BCUT2D eigenvalue weighted by atomic mass is 19.2. The molecule has 1 aromatic carbocycles. The average molecular weight is 171 g/mol. The molecule has 0 saturated heterocycles. The third-order valence-corrected chi connectivity index (χ3v) is 1.88. The Bertz CT molecular complexity index is 273. The second-order valence-electron chi connectivity index (χ2n) is 2.65. The highest BCUT2D eigenvalue weighted by molar-refractivity contribution is 5.21. The molecule has 0 heterocycles. The summed E-state index contributed by atoms with van der Waals surface area (Å²) < 4.78 is 25.7. The molecule has 0 aliphatic rings. The maximum atomic E-state index is 13.0.